The van der Waals surface area contributed by atoms with Crippen LogP contribution in [-0.4, -0.2) is 26.4 Å². The van der Waals surface area contributed by atoms with Crippen LogP contribution in [0.5, 0.6) is 5.75 Å². The van der Waals surface area contributed by atoms with Crippen LogP contribution in [0.1, 0.15) is 25.8 Å². The molecule has 5 heteroatoms. The second-order valence-corrected chi connectivity index (χ2v) is 5.37. The van der Waals surface area contributed by atoms with Crippen molar-refractivity contribution < 1.29 is 9.47 Å². The van der Waals surface area contributed by atoms with Gasteiger partial charge >= 0.3 is 0 Å². The van der Waals surface area contributed by atoms with Crippen LogP contribution in [0.3, 0.4) is 0 Å². The molecule has 19 heavy (non-hydrogen) atoms. The van der Waals surface area contributed by atoms with Crippen LogP contribution < -0.4 is 10.1 Å². The van der Waals surface area contributed by atoms with E-state index in [-0.39, 0.29) is 6.10 Å². The van der Waals surface area contributed by atoms with Crippen molar-refractivity contribution in [1.82, 2.24) is 5.32 Å². The molecule has 0 radical (unpaired) electrons. The van der Waals surface area contributed by atoms with E-state index in [0.29, 0.717) is 22.3 Å². The van der Waals surface area contributed by atoms with Gasteiger partial charge in [0.1, 0.15) is 5.75 Å². The number of halogens is 2. The molecule has 1 aromatic carbocycles. The lowest BCUT2D eigenvalue weighted by Crippen LogP contribution is -2.17. The zero-order valence-corrected chi connectivity index (χ0v) is 13.1. The quantitative estimate of drug-likeness (QED) is 0.739. The summed E-state index contributed by atoms with van der Waals surface area (Å²) >= 11 is 12.1. The molecule has 0 saturated heterocycles. The van der Waals surface area contributed by atoms with E-state index in [2.05, 4.69) is 5.32 Å². The molecule has 1 N–H and O–H groups in total. The first kappa shape index (κ1) is 16.6. The molecule has 0 aliphatic heterocycles. The molecular formula is C14H21Cl2NO2. The maximum Gasteiger partial charge on any atom is 0.142 e. The monoisotopic (exact) mass is 305 g/mol. The molecule has 0 unspecified atom stereocenters. The van der Waals surface area contributed by atoms with Crippen molar-refractivity contribution in [2.24, 2.45) is 0 Å². The predicted octanol–water partition coefficient (Wildman–Crippen LogP) is 3.91. The van der Waals surface area contributed by atoms with E-state index in [4.69, 9.17) is 32.7 Å². The lowest BCUT2D eigenvalue weighted by molar-refractivity contribution is 0.0770. The van der Waals surface area contributed by atoms with Gasteiger partial charge < -0.3 is 14.8 Å². The normalized spacial score (nSPS) is 11.1. The van der Waals surface area contributed by atoms with Crippen LogP contribution in [0.4, 0.5) is 0 Å². The minimum absolute atomic E-state index is 0.284. The Morgan fingerprint density at radius 1 is 1.26 bits per heavy atom. The standard InChI is InChI=1S/C14H21Cl2NO2/c1-10(2)19-6-4-5-17-9-11-7-12(15)8-13(16)14(11)18-3/h7-8,10,17H,4-6,9H2,1-3H3. The van der Waals surface area contributed by atoms with E-state index in [1.165, 1.54) is 0 Å². The minimum atomic E-state index is 0.284. The summed E-state index contributed by atoms with van der Waals surface area (Å²) in [4.78, 5) is 0. The maximum atomic E-state index is 6.07. The van der Waals surface area contributed by atoms with E-state index in [9.17, 15) is 0 Å². The molecule has 0 bridgehead atoms. The number of methoxy groups -OCH3 is 1. The highest BCUT2D eigenvalue weighted by Gasteiger charge is 2.09. The fraction of sp³-hybridized carbons (Fsp3) is 0.571. The van der Waals surface area contributed by atoms with Crippen LogP contribution in [0.2, 0.25) is 10.0 Å². The van der Waals surface area contributed by atoms with Crippen LogP contribution in [0, 0.1) is 0 Å². The zero-order chi connectivity index (χ0) is 14.3. The molecule has 0 fully saturated rings. The van der Waals surface area contributed by atoms with Gasteiger partial charge in [0.15, 0.2) is 0 Å². The highest BCUT2D eigenvalue weighted by Crippen LogP contribution is 2.31. The van der Waals surface area contributed by atoms with Gasteiger partial charge in [0.05, 0.1) is 18.2 Å². The molecule has 3 nitrogen and oxygen atoms in total. The largest absolute Gasteiger partial charge is 0.495 e. The Morgan fingerprint density at radius 3 is 2.63 bits per heavy atom. The second-order valence-electron chi connectivity index (χ2n) is 4.53. The summed E-state index contributed by atoms with van der Waals surface area (Å²) in [5.41, 5.74) is 0.963. The molecule has 0 atom stereocenters. The van der Waals surface area contributed by atoms with Crippen LogP contribution in [0.15, 0.2) is 12.1 Å². The van der Waals surface area contributed by atoms with Crippen molar-refractivity contribution in [3.05, 3.63) is 27.7 Å². The van der Waals surface area contributed by atoms with Crippen LogP contribution in [0.25, 0.3) is 0 Å². The number of nitrogens with one attached hydrogen (secondary N) is 1. The maximum absolute atomic E-state index is 6.07. The van der Waals surface area contributed by atoms with Crippen molar-refractivity contribution in [2.75, 3.05) is 20.3 Å². The summed E-state index contributed by atoms with van der Waals surface area (Å²) in [6.07, 6.45) is 1.25. The topological polar surface area (TPSA) is 30.5 Å². The third kappa shape index (κ3) is 6.00. The first-order valence-electron chi connectivity index (χ1n) is 6.38. The van der Waals surface area contributed by atoms with Crippen molar-refractivity contribution in [1.29, 1.82) is 0 Å². The minimum Gasteiger partial charge on any atom is -0.495 e. The van der Waals surface area contributed by atoms with Gasteiger partial charge in [-0.2, -0.15) is 0 Å². The summed E-state index contributed by atoms with van der Waals surface area (Å²) in [5, 5.41) is 4.48. The molecular weight excluding hydrogens is 285 g/mol. The van der Waals surface area contributed by atoms with Gasteiger partial charge in [0.25, 0.3) is 0 Å². The van der Waals surface area contributed by atoms with Gasteiger partial charge in [0, 0.05) is 23.7 Å². The zero-order valence-electron chi connectivity index (χ0n) is 11.6. The summed E-state index contributed by atoms with van der Waals surface area (Å²) in [7, 11) is 1.61. The Balaban J connectivity index is 2.40. The first-order chi connectivity index (χ1) is 9.04. The molecule has 0 aliphatic carbocycles. The summed E-state index contributed by atoms with van der Waals surface area (Å²) < 4.78 is 10.8. The van der Waals surface area contributed by atoms with E-state index >= 15 is 0 Å². The second kappa shape index (κ2) is 8.64. The number of hydrogen-bond donors (Lipinski definition) is 1. The third-order valence-electron chi connectivity index (χ3n) is 2.55. The Morgan fingerprint density at radius 2 is 2.00 bits per heavy atom. The lowest BCUT2D eigenvalue weighted by Gasteiger charge is -2.12. The van der Waals surface area contributed by atoms with Crippen LogP contribution >= 0.6 is 23.2 Å². The van der Waals surface area contributed by atoms with E-state index in [0.717, 1.165) is 25.1 Å². The summed E-state index contributed by atoms with van der Waals surface area (Å²) in [5.74, 6) is 0.678. The highest BCUT2D eigenvalue weighted by molar-refractivity contribution is 6.35. The van der Waals surface area contributed by atoms with Gasteiger partial charge in [-0.3, -0.25) is 0 Å². The lowest BCUT2D eigenvalue weighted by atomic mass is 10.2. The Bertz CT molecular complexity index is 397. The summed E-state index contributed by atoms with van der Waals surface area (Å²) in [6, 6.07) is 3.55. The van der Waals surface area contributed by atoms with Crippen molar-refractivity contribution in [3.8, 4) is 5.75 Å². The molecule has 0 heterocycles. The van der Waals surface area contributed by atoms with E-state index < -0.39 is 0 Å². The molecule has 0 aromatic heterocycles. The average Bonchev–Trinajstić information content (AvgIpc) is 2.32. The van der Waals surface area contributed by atoms with Gasteiger partial charge in [-0.25, -0.2) is 0 Å². The molecule has 1 rings (SSSR count). The van der Waals surface area contributed by atoms with Crippen molar-refractivity contribution in [3.63, 3.8) is 0 Å². The smallest absolute Gasteiger partial charge is 0.142 e. The van der Waals surface area contributed by atoms with Crippen molar-refractivity contribution in [2.45, 2.75) is 32.9 Å². The number of benzene rings is 1. The van der Waals surface area contributed by atoms with Gasteiger partial charge in [-0.15, -0.1) is 0 Å². The highest BCUT2D eigenvalue weighted by atomic mass is 35.5. The SMILES string of the molecule is COc1c(Cl)cc(Cl)cc1CNCCCOC(C)C. The van der Waals surface area contributed by atoms with Crippen LogP contribution in [-0.2, 0) is 11.3 Å². The molecule has 108 valence electrons. The first-order valence-corrected chi connectivity index (χ1v) is 7.14. The molecule has 0 amide bonds. The fourth-order valence-corrected chi connectivity index (χ4v) is 2.33. The van der Waals surface area contributed by atoms with E-state index in [1.54, 1.807) is 13.2 Å². The van der Waals surface area contributed by atoms with Gasteiger partial charge in [-0.1, -0.05) is 23.2 Å². The van der Waals surface area contributed by atoms with Gasteiger partial charge in [0.2, 0.25) is 0 Å². The Kier molecular flexibility index (Phi) is 7.54. The number of ether oxygens (including phenoxy) is 2. The number of hydrogen-bond acceptors (Lipinski definition) is 3. The van der Waals surface area contributed by atoms with Crippen molar-refractivity contribution >= 4 is 23.2 Å². The molecule has 1 aromatic rings. The number of rotatable bonds is 8. The van der Waals surface area contributed by atoms with Gasteiger partial charge in [-0.05, 0) is 38.9 Å². The Hall–Kier alpha value is -0.480. The molecule has 0 saturated carbocycles. The summed E-state index contributed by atoms with van der Waals surface area (Å²) in [6.45, 7) is 6.38. The fourth-order valence-electron chi connectivity index (χ4n) is 1.71. The molecule has 0 aliphatic rings. The predicted molar refractivity (Wildman–Crippen MR) is 80.4 cm³/mol. The molecule has 0 spiro atoms. The third-order valence-corrected chi connectivity index (χ3v) is 3.05. The Labute approximate surface area is 125 Å². The van der Waals surface area contributed by atoms with E-state index in [1.807, 2.05) is 19.9 Å². The average molecular weight is 306 g/mol.